The van der Waals surface area contributed by atoms with Gasteiger partial charge in [-0.3, -0.25) is 4.99 Å². The van der Waals surface area contributed by atoms with Crippen molar-refractivity contribution < 1.29 is 32.6 Å². The van der Waals surface area contributed by atoms with E-state index in [4.69, 9.17) is 26.1 Å². The van der Waals surface area contributed by atoms with Gasteiger partial charge in [0.2, 0.25) is 0 Å². The second-order valence-electron chi connectivity index (χ2n) is 4.13. The molecule has 0 aromatic rings. The lowest BCUT2D eigenvalue weighted by Crippen LogP contribution is -2.24. The zero-order chi connectivity index (χ0) is 17.8. The number of nitrogens with zero attached hydrogens (tertiary/aromatic N) is 1. The quantitative estimate of drug-likeness (QED) is 0.277. The number of aliphatic imine (C=N–C) groups is 1. The van der Waals surface area contributed by atoms with E-state index in [0.717, 1.165) is 12.8 Å². The molecule has 22 heavy (non-hydrogen) atoms. The molecule has 0 radical (unpaired) electrons. The van der Waals surface area contributed by atoms with Crippen LogP contribution in [0.4, 0.5) is 13.2 Å². The van der Waals surface area contributed by atoms with E-state index < -0.39 is 18.2 Å². The number of carboxylic acid groups (broad SMARTS) is 1. The SMILES string of the molecule is CCOC(=O)[C@H](CCCCN)N=C(C)N.O=C(O)C(F)(F)F. The maximum Gasteiger partial charge on any atom is 0.490 e. The predicted octanol–water partition coefficient (Wildman–Crippen LogP) is 1.06. The molecule has 0 fully saturated rings. The van der Waals surface area contributed by atoms with Gasteiger partial charge in [0, 0.05) is 0 Å². The summed E-state index contributed by atoms with van der Waals surface area (Å²) in [7, 11) is 0. The van der Waals surface area contributed by atoms with Crippen LogP contribution in [0.3, 0.4) is 0 Å². The van der Waals surface area contributed by atoms with Crippen LogP contribution in [0.1, 0.15) is 33.1 Å². The molecule has 0 heterocycles. The van der Waals surface area contributed by atoms with Crippen LogP contribution in [0.2, 0.25) is 0 Å². The number of carboxylic acids is 1. The molecule has 0 rings (SSSR count). The summed E-state index contributed by atoms with van der Waals surface area (Å²) in [5, 5.41) is 7.12. The smallest absolute Gasteiger partial charge is 0.475 e. The lowest BCUT2D eigenvalue weighted by Gasteiger charge is -2.11. The number of nitrogens with two attached hydrogens (primary N) is 2. The zero-order valence-electron chi connectivity index (χ0n) is 12.5. The average molecular weight is 329 g/mol. The Labute approximate surface area is 126 Å². The summed E-state index contributed by atoms with van der Waals surface area (Å²) < 4.78 is 36.6. The van der Waals surface area contributed by atoms with Gasteiger partial charge in [0.15, 0.2) is 0 Å². The molecule has 0 spiro atoms. The van der Waals surface area contributed by atoms with E-state index in [1.54, 1.807) is 13.8 Å². The number of ether oxygens (including phenoxy) is 1. The number of aliphatic carboxylic acids is 1. The Hall–Kier alpha value is -1.84. The van der Waals surface area contributed by atoms with Crippen LogP contribution < -0.4 is 11.5 Å². The van der Waals surface area contributed by atoms with Crippen LogP contribution in [0.5, 0.6) is 0 Å². The number of hydrogen-bond acceptors (Lipinski definition) is 5. The minimum atomic E-state index is -5.08. The van der Waals surface area contributed by atoms with Crippen LogP contribution in [0.25, 0.3) is 0 Å². The maximum atomic E-state index is 11.5. The molecular weight excluding hydrogens is 307 g/mol. The molecule has 10 heteroatoms. The molecule has 0 aliphatic rings. The Kier molecular flexibility index (Phi) is 12.0. The number of alkyl halides is 3. The lowest BCUT2D eigenvalue weighted by atomic mass is 10.1. The van der Waals surface area contributed by atoms with E-state index in [9.17, 15) is 18.0 Å². The summed E-state index contributed by atoms with van der Waals surface area (Å²) in [4.78, 5) is 24.4. The fourth-order valence-corrected chi connectivity index (χ4v) is 1.20. The molecule has 0 aliphatic heterocycles. The average Bonchev–Trinajstić information content (AvgIpc) is 2.37. The molecule has 0 aromatic carbocycles. The first-order chi connectivity index (χ1) is 10.1. The topological polar surface area (TPSA) is 128 Å². The van der Waals surface area contributed by atoms with Gasteiger partial charge in [-0.1, -0.05) is 0 Å². The molecule has 1 atom stereocenters. The van der Waals surface area contributed by atoms with E-state index in [2.05, 4.69) is 4.99 Å². The second kappa shape index (κ2) is 11.8. The highest BCUT2D eigenvalue weighted by Crippen LogP contribution is 2.13. The van der Waals surface area contributed by atoms with Crippen molar-refractivity contribution in [1.29, 1.82) is 0 Å². The Bertz CT molecular complexity index is 369. The van der Waals surface area contributed by atoms with Gasteiger partial charge < -0.3 is 21.3 Å². The summed E-state index contributed by atoms with van der Waals surface area (Å²) >= 11 is 0. The number of unbranched alkanes of at least 4 members (excludes halogenated alkanes) is 1. The van der Waals surface area contributed by atoms with Crippen LogP contribution in [-0.2, 0) is 14.3 Å². The van der Waals surface area contributed by atoms with Crippen molar-refractivity contribution >= 4 is 17.8 Å². The van der Waals surface area contributed by atoms with Gasteiger partial charge in [-0.05, 0) is 39.7 Å². The number of amidine groups is 1. The molecule has 7 nitrogen and oxygen atoms in total. The summed E-state index contributed by atoms with van der Waals surface area (Å²) in [6.45, 7) is 4.43. The molecular formula is C12H22F3N3O4. The largest absolute Gasteiger partial charge is 0.490 e. The second-order valence-corrected chi connectivity index (χ2v) is 4.13. The summed E-state index contributed by atoms with van der Waals surface area (Å²) in [5.41, 5.74) is 10.8. The monoisotopic (exact) mass is 329 g/mol. The van der Waals surface area contributed by atoms with Gasteiger partial charge in [-0.25, -0.2) is 9.59 Å². The van der Waals surface area contributed by atoms with Crippen molar-refractivity contribution in [2.45, 2.75) is 45.3 Å². The molecule has 0 bridgehead atoms. The number of hydrogen-bond donors (Lipinski definition) is 3. The maximum absolute atomic E-state index is 11.5. The lowest BCUT2D eigenvalue weighted by molar-refractivity contribution is -0.192. The summed E-state index contributed by atoms with van der Waals surface area (Å²) in [6, 6.07) is -0.471. The van der Waals surface area contributed by atoms with Gasteiger partial charge in [0.25, 0.3) is 0 Å². The van der Waals surface area contributed by atoms with Crippen LogP contribution in [0, 0.1) is 0 Å². The third-order valence-electron chi connectivity index (χ3n) is 2.09. The van der Waals surface area contributed by atoms with Crippen molar-refractivity contribution in [3.05, 3.63) is 0 Å². The highest BCUT2D eigenvalue weighted by molar-refractivity contribution is 5.83. The molecule has 0 amide bonds. The summed E-state index contributed by atoms with van der Waals surface area (Å²) in [5.74, 6) is -2.66. The van der Waals surface area contributed by atoms with Gasteiger partial charge in [-0.2, -0.15) is 13.2 Å². The Balaban J connectivity index is 0. The molecule has 0 unspecified atom stereocenters. The Morgan fingerprint density at radius 3 is 2.14 bits per heavy atom. The molecule has 0 aromatic heterocycles. The third kappa shape index (κ3) is 13.2. The molecule has 130 valence electrons. The zero-order valence-corrected chi connectivity index (χ0v) is 12.5. The van der Waals surface area contributed by atoms with Crippen molar-refractivity contribution in [2.75, 3.05) is 13.2 Å². The minimum absolute atomic E-state index is 0.306. The predicted molar refractivity (Wildman–Crippen MR) is 74.3 cm³/mol. The van der Waals surface area contributed by atoms with Crippen molar-refractivity contribution in [3.8, 4) is 0 Å². The van der Waals surface area contributed by atoms with Gasteiger partial charge in [0.1, 0.15) is 6.04 Å². The minimum Gasteiger partial charge on any atom is -0.475 e. The Morgan fingerprint density at radius 1 is 1.32 bits per heavy atom. The molecule has 0 saturated heterocycles. The third-order valence-corrected chi connectivity index (χ3v) is 2.09. The Morgan fingerprint density at radius 2 is 1.82 bits per heavy atom. The number of esters is 1. The van der Waals surface area contributed by atoms with Crippen LogP contribution in [-0.4, -0.2) is 48.3 Å². The molecule has 0 saturated carbocycles. The molecule has 5 N–H and O–H groups in total. The van der Waals surface area contributed by atoms with Gasteiger partial charge in [0.05, 0.1) is 12.4 Å². The van der Waals surface area contributed by atoms with Crippen LogP contribution >= 0.6 is 0 Å². The summed E-state index contributed by atoms with van der Waals surface area (Å²) in [6.07, 6.45) is -2.70. The van der Waals surface area contributed by atoms with Gasteiger partial charge in [-0.15, -0.1) is 0 Å². The highest BCUT2D eigenvalue weighted by Gasteiger charge is 2.38. The van der Waals surface area contributed by atoms with Gasteiger partial charge >= 0.3 is 18.1 Å². The number of carbonyl (C=O) groups is 2. The molecule has 0 aliphatic carbocycles. The number of carbonyl (C=O) groups excluding carboxylic acids is 1. The van der Waals surface area contributed by atoms with Crippen LogP contribution in [0.15, 0.2) is 4.99 Å². The van der Waals surface area contributed by atoms with E-state index in [1.165, 1.54) is 0 Å². The number of halogens is 3. The standard InChI is InChI=1S/C10H21N3O2.C2HF3O2/c1-3-15-10(14)9(13-8(2)12)6-4-5-7-11;3-2(4,5)1(6)7/h9H,3-7,11H2,1-2H3,(H2,12,13);(H,6,7)/t9-;/m0./s1. The first-order valence-corrected chi connectivity index (χ1v) is 6.52. The fourth-order valence-electron chi connectivity index (χ4n) is 1.20. The van der Waals surface area contributed by atoms with Crippen molar-refractivity contribution in [2.24, 2.45) is 16.5 Å². The first kappa shape index (κ1) is 22.4. The van der Waals surface area contributed by atoms with Crippen molar-refractivity contribution in [1.82, 2.24) is 0 Å². The van der Waals surface area contributed by atoms with Crippen molar-refractivity contribution in [3.63, 3.8) is 0 Å². The van der Waals surface area contributed by atoms with E-state index >= 15 is 0 Å². The van der Waals surface area contributed by atoms with E-state index in [0.29, 0.717) is 25.4 Å². The first-order valence-electron chi connectivity index (χ1n) is 6.52. The van der Waals surface area contributed by atoms with E-state index in [-0.39, 0.29) is 5.97 Å². The van der Waals surface area contributed by atoms with E-state index in [1.807, 2.05) is 0 Å². The number of rotatable bonds is 7. The fraction of sp³-hybridized carbons (Fsp3) is 0.750. The highest BCUT2D eigenvalue weighted by atomic mass is 19.4. The normalized spacial score (nSPS) is 12.9.